The predicted molar refractivity (Wildman–Crippen MR) is 88.1 cm³/mol. The first kappa shape index (κ1) is 14.5. The molecule has 0 unspecified atom stereocenters. The Morgan fingerprint density at radius 1 is 1.33 bits per heavy atom. The molecule has 0 saturated carbocycles. The number of hydrogen-bond donors (Lipinski definition) is 0. The Bertz CT molecular complexity index is 738. The molecule has 0 N–H and O–H groups in total. The maximum absolute atomic E-state index is 12.8. The number of rotatable bonds is 4. The quantitative estimate of drug-likeness (QED) is 0.815. The predicted octanol–water partition coefficient (Wildman–Crippen LogP) is 2.86. The summed E-state index contributed by atoms with van der Waals surface area (Å²) in [5.74, 6) is 0.871. The molecule has 0 aliphatic carbocycles. The third kappa shape index (κ3) is 2.56. The van der Waals surface area contributed by atoms with E-state index in [0.29, 0.717) is 6.54 Å². The Hall–Kier alpha value is -1.46. The van der Waals surface area contributed by atoms with Crippen LogP contribution in [0.1, 0.15) is 29.1 Å². The maximum Gasteiger partial charge on any atom is 0.262 e. The number of aryl methyl sites for hydroxylation is 2. The van der Waals surface area contributed by atoms with Crippen molar-refractivity contribution in [2.45, 2.75) is 39.8 Å². The van der Waals surface area contributed by atoms with Gasteiger partial charge < -0.3 is 0 Å². The van der Waals surface area contributed by atoms with Gasteiger partial charge in [0.25, 0.3) is 5.56 Å². The van der Waals surface area contributed by atoms with Crippen LogP contribution in [0.4, 0.5) is 0 Å². The van der Waals surface area contributed by atoms with Crippen LogP contribution in [0.2, 0.25) is 0 Å². The summed E-state index contributed by atoms with van der Waals surface area (Å²) in [5.41, 5.74) is 1.15. The Morgan fingerprint density at radius 2 is 2.05 bits per heavy atom. The van der Waals surface area contributed by atoms with E-state index in [1.165, 1.54) is 17.7 Å². The molecule has 112 valence electrons. The summed E-state index contributed by atoms with van der Waals surface area (Å²) < 4.78 is 1.78. The van der Waals surface area contributed by atoms with Gasteiger partial charge in [-0.3, -0.25) is 14.3 Å². The summed E-state index contributed by atoms with van der Waals surface area (Å²) in [6.07, 6.45) is 4.26. The highest BCUT2D eigenvalue weighted by Crippen LogP contribution is 2.26. The lowest BCUT2D eigenvalue weighted by Crippen LogP contribution is -2.29. The average Bonchev–Trinajstić information content (AvgIpc) is 3.04. The molecule has 0 spiro atoms. The Kier molecular flexibility index (Phi) is 3.95. The Morgan fingerprint density at radius 3 is 2.71 bits per heavy atom. The van der Waals surface area contributed by atoms with E-state index in [9.17, 15) is 4.79 Å². The highest BCUT2D eigenvalue weighted by molar-refractivity contribution is 7.18. The molecule has 1 saturated heterocycles. The van der Waals surface area contributed by atoms with Crippen molar-refractivity contribution >= 4 is 21.6 Å². The third-order valence-corrected chi connectivity index (χ3v) is 5.34. The van der Waals surface area contributed by atoms with Crippen LogP contribution in [0.25, 0.3) is 10.2 Å². The first-order valence-corrected chi connectivity index (χ1v) is 8.26. The number of fused-ring (bicyclic) bond motifs is 1. The van der Waals surface area contributed by atoms with Gasteiger partial charge in [-0.25, -0.2) is 4.98 Å². The van der Waals surface area contributed by atoms with Gasteiger partial charge >= 0.3 is 0 Å². The number of likely N-dealkylation sites (tertiary alicyclic amines) is 1. The molecule has 0 radical (unpaired) electrons. The molecule has 1 fully saturated rings. The fraction of sp³-hybridized carbons (Fsp3) is 0.500. The van der Waals surface area contributed by atoms with Crippen molar-refractivity contribution in [3.05, 3.63) is 39.3 Å². The van der Waals surface area contributed by atoms with E-state index in [4.69, 9.17) is 4.98 Å². The van der Waals surface area contributed by atoms with Crippen molar-refractivity contribution in [3.8, 4) is 0 Å². The molecule has 1 aliphatic heterocycles. The van der Waals surface area contributed by atoms with Crippen LogP contribution < -0.4 is 5.56 Å². The van der Waals surface area contributed by atoms with Crippen LogP contribution >= 0.6 is 11.3 Å². The summed E-state index contributed by atoms with van der Waals surface area (Å²) in [6.45, 7) is 11.3. The summed E-state index contributed by atoms with van der Waals surface area (Å²) >= 11 is 1.62. The lowest BCUT2D eigenvalue weighted by molar-refractivity contribution is 0.315. The topological polar surface area (TPSA) is 38.1 Å². The van der Waals surface area contributed by atoms with Crippen molar-refractivity contribution in [2.24, 2.45) is 0 Å². The average molecular weight is 303 g/mol. The smallest absolute Gasteiger partial charge is 0.262 e. The minimum absolute atomic E-state index is 0.0796. The number of hydrogen-bond acceptors (Lipinski definition) is 4. The van der Waals surface area contributed by atoms with Crippen molar-refractivity contribution in [1.82, 2.24) is 14.5 Å². The fourth-order valence-electron chi connectivity index (χ4n) is 2.95. The minimum atomic E-state index is 0.0796. The van der Waals surface area contributed by atoms with Crippen LogP contribution in [-0.2, 0) is 13.1 Å². The van der Waals surface area contributed by atoms with Gasteiger partial charge in [0.1, 0.15) is 10.7 Å². The zero-order chi connectivity index (χ0) is 15.0. The van der Waals surface area contributed by atoms with E-state index < -0.39 is 0 Å². The summed E-state index contributed by atoms with van der Waals surface area (Å²) in [5, 5.41) is 0.782. The van der Waals surface area contributed by atoms with E-state index in [0.717, 1.165) is 41.2 Å². The first-order valence-electron chi connectivity index (χ1n) is 7.44. The van der Waals surface area contributed by atoms with E-state index in [-0.39, 0.29) is 5.56 Å². The molecule has 0 amide bonds. The SMILES string of the molecule is C=CCn1c(CN2CCCC2)nc2sc(C)c(C)c2c1=O. The molecule has 0 bridgehead atoms. The molecular weight excluding hydrogens is 282 g/mol. The van der Waals surface area contributed by atoms with Crippen LogP contribution in [0, 0.1) is 13.8 Å². The van der Waals surface area contributed by atoms with Crippen molar-refractivity contribution in [1.29, 1.82) is 0 Å². The van der Waals surface area contributed by atoms with E-state index in [1.807, 2.05) is 6.92 Å². The van der Waals surface area contributed by atoms with E-state index in [2.05, 4.69) is 18.4 Å². The second kappa shape index (κ2) is 5.73. The zero-order valence-electron chi connectivity index (χ0n) is 12.7. The molecule has 0 aromatic carbocycles. The standard InChI is InChI=1S/C16H21N3OS/c1-4-7-19-13(10-18-8-5-6-9-18)17-15-14(16(19)20)11(2)12(3)21-15/h4H,1,5-10H2,2-3H3. The van der Waals surface area contributed by atoms with Crippen LogP contribution in [0.3, 0.4) is 0 Å². The third-order valence-electron chi connectivity index (χ3n) is 4.24. The van der Waals surface area contributed by atoms with Crippen molar-refractivity contribution in [2.75, 3.05) is 13.1 Å². The van der Waals surface area contributed by atoms with Crippen molar-refractivity contribution < 1.29 is 0 Å². The van der Waals surface area contributed by atoms with Crippen LogP contribution in [0.5, 0.6) is 0 Å². The number of nitrogens with zero attached hydrogens (tertiary/aromatic N) is 3. The second-order valence-electron chi connectivity index (χ2n) is 5.68. The molecule has 2 aromatic rings. The van der Waals surface area contributed by atoms with E-state index >= 15 is 0 Å². The normalized spacial score (nSPS) is 15.9. The molecule has 5 heteroatoms. The molecule has 3 heterocycles. The van der Waals surface area contributed by atoms with Gasteiger partial charge in [-0.1, -0.05) is 6.08 Å². The van der Waals surface area contributed by atoms with Gasteiger partial charge in [-0.2, -0.15) is 0 Å². The molecule has 2 aromatic heterocycles. The van der Waals surface area contributed by atoms with Gasteiger partial charge in [-0.05, 0) is 45.3 Å². The van der Waals surface area contributed by atoms with Crippen molar-refractivity contribution in [3.63, 3.8) is 0 Å². The first-order chi connectivity index (χ1) is 10.1. The molecular formula is C16H21N3OS. The minimum Gasteiger partial charge on any atom is -0.296 e. The number of allylic oxidation sites excluding steroid dienone is 1. The second-order valence-corrected chi connectivity index (χ2v) is 6.88. The summed E-state index contributed by atoms with van der Waals surface area (Å²) in [6, 6.07) is 0. The Balaban J connectivity index is 2.14. The van der Waals surface area contributed by atoms with Gasteiger partial charge in [0.05, 0.1) is 11.9 Å². The molecule has 0 atom stereocenters. The molecule has 4 nitrogen and oxygen atoms in total. The molecule has 1 aliphatic rings. The fourth-order valence-corrected chi connectivity index (χ4v) is 3.99. The zero-order valence-corrected chi connectivity index (χ0v) is 13.5. The van der Waals surface area contributed by atoms with Crippen LogP contribution in [0.15, 0.2) is 17.4 Å². The molecule has 21 heavy (non-hydrogen) atoms. The number of aromatic nitrogens is 2. The summed E-state index contributed by atoms with van der Waals surface area (Å²) in [7, 11) is 0. The van der Waals surface area contributed by atoms with Gasteiger partial charge in [0.2, 0.25) is 0 Å². The Labute approximate surface area is 128 Å². The number of thiophene rings is 1. The largest absolute Gasteiger partial charge is 0.296 e. The highest BCUT2D eigenvalue weighted by Gasteiger charge is 2.19. The molecule has 3 rings (SSSR count). The lowest BCUT2D eigenvalue weighted by Gasteiger charge is -2.17. The van der Waals surface area contributed by atoms with Gasteiger partial charge in [-0.15, -0.1) is 17.9 Å². The van der Waals surface area contributed by atoms with E-state index in [1.54, 1.807) is 22.0 Å². The van der Waals surface area contributed by atoms with Gasteiger partial charge in [0, 0.05) is 11.4 Å². The lowest BCUT2D eigenvalue weighted by atomic mass is 10.2. The van der Waals surface area contributed by atoms with Crippen LogP contribution in [-0.4, -0.2) is 27.5 Å². The monoisotopic (exact) mass is 303 g/mol. The maximum atomic E-state index is 12.8. The van der Waals surface area contributed by atoms with Gasteiger partial charge in [0.15, 0.2) is 0 Å². The highest BCUT2D eigenvalue weighted by atomic mass is 32.1. The summed E-state index contributed by atoms with van der Waals surface area (Å²) in [4.78, 5) is 22.0.